The Bertz CT molecular complexity index is 625. The number of fused-ring (bicyclic) bond motifs is 2. The number of nitrogens with one attached hydrogen (secondary N) is 3. The van der Waals surface area contributed by atoms with Crippen LogP contribution in [0.25, 0.3) is 0 Å². The minimum Gasteiger partial charge on any atom is -0.358 e. The van der Waals surface area contributed by atoms with E-state index in [0.717, 1.165) is 12.3 Å². The Balaban J connectivity index is 1.43. The first-order chi connectivity index (χ1) is 11.9. The van der Waals surface area contributed by atoms with Crippen LogP contribution in [0.3, 0.4) is 0 Å². The van der Waals surface area contributed by atoms with E-state index in [4.69, 9.17) is 12.2 Å². The predicted molar refractivity (Wildman–Crippen MR) is 100 cm³/mol. The summed E-state index contributed by atoms with van der Waals surface area (Å²) in [7, 11) is -3.24. The van der Waals surface area contributed by atoms with Gasteiger partial charge in [-0.05, 0) is 63.1 Å². The van der Waals surface area contributed by atoms with Crippen LogP contribution < -0.4 is 16.2 Å². The lowest BCUT2D eigenvalue weighted by molar-refractivity contribution is -0.126. The molecule has 0 aromatic rings. The summed E-state index contributed by atoms with van der Waals surface area (Å²) in [4.78, 5) is 12.3. The lowest BCUT2D eigenvalue weighted by Gasteiger charge is -2.31. The molecule has 4 atom stereocenters. The van der Waals surface area contributed by atoms with Crippen LogP contribution in [0.5, 0.6) is 0 Å². The molecular formula is C16H28N4O3S2. The SMILES string of the molecule is CCS(=O)(=O)N1CCC[C@@H](C(=O)NNC(=S)N[C@@H]2C[C@H]3CC[C@H]2C3)C1. The average molecular weight is 389 g/mol. The van der Waals surface area contributed by atoms with Gasteiger partial charge in [-0.1, -0.05) is 6.42 Å². The van der Waals surface area contributed by atoms with E-state index < -0.39 is 10.0 Å². The van der Waals surface area contributed by atoms with Crippen LogP contribution in [0, 0.1) is 17.8 Å². The highest BCUT2D eigenvalue weighted by Gasteiger charge is 2.39. The van der Waals surface area contributed by atoms with Crippen LogP contribution in [-0.2, 0) is 14.8 Å². The van der Waals surface area contributed by atoms with E-state index in [1.54, 1.807) is 6.92 Å². The van der Waals surface area contributed by atoms with Crippen LogP contribution >= 0.6 is 12.2 Å². The summed E-state index contributed by atoms with van der Waals surface area (Å²) >= 11 is 5.28. The van der Waals surface area contributed by atoms with Crippen molar-refractivity contribution in [1.82, 2.24) is 20.5 Å². The second-order valence-corrected chi connectivity index (χ2v) is 10.1. The van der Waals surface area contributed by atoms with Crippen LogP contribution in [0.1, 0.15) is 45.4 Å². The number of hydrogen-bond donors (Lipinski definition) is 3. The van der Waals surface area contributed by atoms with Gasteiger partial charge in [0.1, 0.15) is 0 Å². The summed E-state index contributed by atoms with van der Waals surface area (Å²) < 4.78 is 25.4. The van der Waals surface area contributed by atoms with Crippen LogP contribution in [0.2, 0.25) is 0 Å². The third kappa shape index (κ3) is 4.43. The van der Waals surface area contributed by atoms with E-state index in [-0.39, 0.29) is 24.1 Å². The van der Waals surface area contributed by atoms with Gasteiger partial charge in [-0.2, -0.15) is 0 Å². The summed E-state index contributed by atoms with van der Waals surface area (Å²) in [5, 5.41) is 3.75. The molecule has 25 heavy (non-hydrogen) atoms. The first kappa shape index (κ1) is 18.8. The molecule has 142 valence electrons. The van der Waals surface area contributed by atoms with Gasteiger partial charge in [0, 0.05) is 19.1 Å². The third-order valence-corrected chi connectivity index (χ3v) is 7.93. The molecular weight excluding hydrogens is 360 g/mol. The molecule has 7 nitrogen and oxygen atoms in total. The number of hydrogen-bond acceptors (Lipinski definition) is 4. The number of thiocarbonyl (C=S) groups is 1. The highest BCUT2D eigenvalue weighted by molar-refractivity contribution is 7.89. The van der Waals surface area contributed by atoms with Crippen molar-refractivity contribution in [1.29, 1.82) is 0 Å². The normalized spacial score (nSPS) is 32.4. The van der Waals surface area contributed by atoms with Gasteiger partial charge >= 0.3 is 0 Å². The molecule has 0 radical (unpaired) electrons. The fourth-order valence-corrected chi connectivity index (χ4v) is 5.82. The fourth-order valence-electron chi connectivity index (χ4n) is 4.44. The molecule has 0 unspecified atom stereocenters. The van der Waals surface area contributed by atoms with E-state index in [1.807, 2.05) is 0 Å². The molecule has 3 N–H and O–H groups in total. The van der Waals surface area contributed by atoms with E-state index in [1.165, 1.54) is 23.6 Å². The zero-order chi connectivity index (χ0) is 18.0. The molecule has 2 bridgehead atoms. The number of carbonyl (C=O) groups is 1. The fraction of sp³-hybridized carbons (Fsp3) is 0.875. The van der Waals surface area contributed by atoms with Crippen LogP contribution in [0.4, 0.5) is 0 Å². The zero-order valence-corrected chi connectivity index (χ0v) is 16.3. The summed E-state index contributed by atoms with van der Waals surface area (Å²) in [5.74, 6) is 1.05. The summed E-state index contributed by atoms with van der Waals surface area (Å²) in [5.41, 5.74) is 5.43. The van der Waals surface area contributed by atoms with Crippen molar-refractivity contribution in [2.24, 2.45) is 17.8 Å². The molecule has 1 aliphatic heterocycles. The van der Waals surface area contributed by atoms with Crippen molar-refractivity contribution >= 4 is 33.3 Å². The molecule has 9 heteroatoms. The number of hydrazine groups is 1. The van der Waals surface area contributed by atoms with Crippen LogP contribution in [-0.4, -0.2) is 48.6 Å². The monoisotopic (exact) mass is 388 g/mol. The Kier molecular flexibility index (Phi) is 5.85. The predicted octanol–water partition coefficient (Wildman–Crippen LogP) is 0.732. The second-order valence-electron chi connectivity index (χ2n) is 7.47. The maximum absolute atomic E-state index is 12.3. The number of nitrogens with zero attached hydrogens (tertiary/aromatic N) is 1. The molecule has 1 saturated heterocycles. The van der Waals surface area contributed by atoms with Gasteiger partial charge in [0.15, 0.2) is 5.11 Å². The molecule has 1 heterocycles. The molecule has 2 aliphatic carbocycles. The molecule has 3 fully saturated rings. The summed E-state index contributed by atoms with van der Waals surface area (Å²) in [6, 6.07) is 0.413. The topological polar surface area (TPSA) is 90.5 Å². The number of rotatable bonds is 4. The standard InChI is InChI=1S/C16H28N4O3S2/c1-2-25(22,23)20-7-3-4-13(10-20)15(21)18-19-16(24)17-14-9-11-5-6-12(14)8-11/h11-14H,2-10H2,1H3,(H,18,21)(H2,17,19,24)/t11-,12-,13+,14+/m0/s1. The molecule has 0 aromatic carbocycles. The van der Waals surface area contributed by atoms with E-state index in [9.17, 15) is 13.2 Å². The third-order valence-electron chi connectivity index (χ3n) is 5.87. The van der Waals surface area contributed by atoms with Crippen molar-refractivity contribution in [2.75, 3.05) is 18.8 Å². The first-order valence-corrected chi connectivity index (χ1v) is 11.2. The van der Waals surface area contributed by atoms with Crippen molar-refractivity contribution in [2.45, 2.75) is 51.5 Å². The van der Waals surface area contributed by atoms with Gasteiger partial charge < -0.3 is 5.32 Å². The molecule has 1 amide bonds. The van der Waals surface area contributed by atoms with Gasteiger partial charge in [-0.3, -0.25) is 15.6 Å². The second kappa shape index (κ2) is 7.75. The maximum atomic E-state index is 12.3. The minimum atomic E-state index is -3.24. The molecule has 2 saturated carbocycles. The largest absolute Gasteiger partial charge is 0.358 e. The summed E-state index contributed by atoms with van der Waals surface area (Å²) in [6.45, 7) is 2.37. The van der Waals surface area contributed by atoms with Crippen molar-refractivity contribution in [3.8, 4) is 0 Å². The zero-order valence-electron chi connectivity index (χ0n) is 14.7. The Labute approximate surface area is 155 Å². The highest BCUT2D eigenvalue weighted by atomic mass is 32.2. The Morgan fingerprint density at radius 3 is 2.64 bits per heavy atom. The Morgan fingerprint density at radius 2 is 2.00 bits per heavy atom. The summed E-state index contributed by atoms with van der Waals surface area (Å²) in [6.07, 6.45) is 6.43. The lowest BCUT2D eigenvalue weighted by Crippen LogP contribution is -2.54. The Morgan fingerprint density at radius 1 is 1.20 bits per heavy atom. The maximum Gasteiger partial charge on any atom is 0.242 e. The lowest BCUT2D eigenvalue weighted by atomic mass is 9.96. The van der Waals surface area contributed by atoms with Gasteiger partial charge in [-0.25, -0.2) is 12.7 Å². The average Bonchev–Trinajstić information content (AvgIpc) is 3.22. The van der Waals surface area contributed by atoms with Crippen molar-refractivity contribution in [3.05, 3.63) is 0 Å². The molecule has 0 aromatic heterocycles. The Hall–Kier alpha value is -0.930. The van der Waals surface area contributed by atoms with E-state index in [0.29, 0.717) is 36.5 Å². The number of amides is 1. The number of piperidine rings is 1. The quantitative estimate of drug-likeness (QED) is 0.486. The van der Waals surface area contributed by atoms with Crippen molar-refractivity contribution < 1.29 is 13.2 Å². The van der Waals surface area contributed by atoms with Gasteiger partial charge in [0.25, 0.3) is 0 Å². The van der Waals surface area contributed by atoms with E-state index >= 15 is 0 Å². The van der Waals surface area contributed by atoms with Gasteiger partial charge in [0.2, 0.25) is 15.9 Å². The molecule has 0 spiro atoms. The van der Waals surface area contributed by atoms with Crippen molar-refractivity contribution in [3.63, 3.8) is 0 Å². The minimum absolute atomic E-state index is 0.0666. The van der Waals surface area contributed by atoms with Crippen LogP contribution in [0.15, 0.2) is 0 Å². The number of sulfonamides is 1. The highest BCUT2D eigenvalue weighted by Crippen LogP contribution is 2.44. The van der Waals surface area contributed by atoms with E-state index in [2.05, 4.69) is 16.2 Å². The molecule has 3 aliphatic rings. The molecule has 3 rings (SSSR count). The van der Waals surface area contributed by atoms with Gasteiger partial charge in [-0.15, -0.1) is 0 Å². The smallest absolute Gasteiger partial charge is 0.242 e. The van der Waals surface area contributed by atoms with Gasteiger partial charge in [0.05, 0.1) is 11.7 Å². The number of carbonyl (C=O) groups excluding carboxylic acids is 1. The first-order valence-electron chi connectivity index (χ1n) is 9.23.